The maximum absolute atomic E-state index is 4.39. The monoisotopic (exact) mass is 209 g/mol. The van der Waals surface area contributed by atoms with Crippen LogP contribution in [0.15, 0.2) is 6.07 Å². The van der Waals surface area contributed by atoms with Crippen molar-refractivity contribution in [3.8, 4) is 0 Å². The smallest absolute Gasteiger partial charge is 0.0597 e. The van der Waals surface area contributed by atoms with Crippen molar-refractivity contribution < 1.29 is 0 Å². The van der Waals surface area contributed by atoms with E-state index in [1.807, 2.05) is 25.7 Å². The lowest BCUT2D eigenvalue weighted by Crippen LogP contribution is -2.21. The van der Waals surface area contributed by atoms with Crippen molar-refractivity contribution in [1.29, 1.82) is 0 Å². The quantitative estimate of drug-likeness (QED) is 0.807. The Morgan fingerprint density at radius 1 is 1.53 bits per heavy atom. The molecule has 3 nitrogen and oxygen atoms in total. The molecule has 0 aromatic carbocycles. The molecule has 1 rings (SSSR count). The summed E-state index contributed by atoms with van der Waals surface area (Å²) in [5, 5.41) is 7.77. The van der Waals surface area contributed by atoms with Gasteiger partial charge in [0, 0.05) is 13.1 Å². The zero-order valence-corrected chi connectivity index (χ0v) is 10.5. The molecule has 1 aromatic rings. The Morgan fingerprint density at radius 3 is 2.60 bits per heavy atom. The molecule has 1 aromatic heterocycles. The van der Waals surface area contributed by atoms with Crippen LogP contribution in [-0.2, 0) is 7.05 Å². The first kappa shape index (κ1) is 12.2. The van der Waals surface area contributed by atoms with Crippen LogP contribution in [0, 0.1) is 12.8 Å². The zero-order chi connectivity index (χ0) is 11.4. The van der Waals surface area contributed by atoms with Gasteiger partial charge in [-0.1, -0.05) is 20.3 Å². The maximum atomic E-state index is 4.39. The summed E-state index contributed by atoms with van der Waals surface area (Å²) in [4.78, 5) is 0. The molecule has 86 valence electrons. The third-order valence-electron chi connectivity index (χ3n) is 3.08. The molecule has 1 heterocycles. The van der Waals surface area contributed by atoms with E-state index in [2.05, 4.69) is 30.3 Å². The molecule has 0 bridgehead atoms. The van der Waals surface area contributed by atoms with Gasteiger partial charge in [0.1, 0.15) is 0 Å². The summed E-state index contributed by atoms with van der Waals surface area (Å²) in [6, 6.07) is 2.59. The van der Waals surface area contributed by atoms with Crippen LogP contribution in [0.4, 0.5) is 0 Å². The van der Waals surface area contributed by atoms with E-state index in [1.54, 1.807) is 0 Å². The lowest BCUT2D eigenvalue weighted by atomic mass is 9.97. The van der Waals surface area contributed by atoms with E-state index in [4.69, 9.17) is 0 Å². The van der Waals surface area contributed by atoms with E-state index >= 15 is 0 Å². The highest BCUT2D eigenvalue weighted by atomic mass is 15.3. The van der Waals surface area contributed by atoms with Gasteiger partial charge in [0.05, 0.1) is 11.4 Å². The highest BCUT2D eigenvalue weighted by Gasteiger charge is 2.16. The molecular weight excluding hydrogens is 186 g/mol. The topological polar surface area (TPSA) is 29.9 Å². The van der Waals surface area contributed by atoms with Gasteiger partial charge < -0.3 is 5.32 Å². The zero-order valence-electron chi connectivity index (χ0n) is 10.5. The third-order valence-corrected chi connectivity index (χ3v) is 3.08. The lowest BCUT2D eigenvalue weighted by molar-refractivity contribution is 0.405. The van der Waals surface area contributed by atoms with Crippen LogP contribution in [0.5, 0.6) is 0 Å². The molecule has 0 spiro atoms. The molecule has 0 saturated heterocycles. The first-order valence-electron chi connectivity index (χ1n) is 5.76. The Kier molecular flexibility index (Phi) is 4.33. The van der Waals surface area contributed by atoms with Crippen molar-refractivity contribution in [2.75, 3.05) is 7.05 Å². The number of hydrogen-bond donors (Lipinski definition) is 1. The summed E-state index contributed by atoms with van der Waals surface area (Å²) < 4.78 is 1.98. The van der Waals surface area contributed by atoms with Crippen molar-refractivity contribution in [3.05, 3.63) is 17.5 Å². The molecule has 0 aliphatic heterocycles. The molecule has 0 aliphatic carbocycles. The van der Waals surface area contributed by atoms with Crippen LogP contribution < -0.4 is 5.32 Å². The van der Waals surface area contributed by atoms with Crippen LogP contribution in [0.3, 0.4) is 0 Å². The maximum Gasteiger partial charge on any atom is 0.0597 e. The van der Waals surface area contributed by atoms with Crippen LogP contribution in [-0.4, -0.2) is 16.8 Å². The fourth-order valence-corrected chi connectivity index (χ4v) is 1.91. The minimum Gasteiger partial charge on any atom is -0.312 e. The van der Waals surface area contributed by atoms with E-state index < -0.39 is 0 Å². The summed E-state index contributed by atoms with van der Waals surface area (Å²) in [6.45, 7) is 6.58. The lowest BCUT2D eigenvalue weighted by Gasteiger charge is -2.19. The Morgan fingerprint density at radius 2 is 2.20 bits per heavy atom. The number of aromatic nitrogens is 2. The Hall–Kier alpha value is -0.830. The van der Waals surface area contributed by atoms with E-state index in [9.17, 15) is 0 Å². The van der Waals surface area contributed by atoms with Crippen molar-refractivity contribution in [1.82, 2.24) is 15.1 Å². The molecule has 0 aliphatic rings. The molecule has 0 amide bonds. The average Bonchev–Trinajstić information content (AvgIpc) is 2.54. The van der Waals surface area contributed by atoms with Crippen molar-refractivity contribution in [2.45, 2.75) is 39.7 Å². The SMILES string of the molecule is CCC(C)CC(NC)c1cc(C)nn1C. The Balaban J connectivity index is 2.78. The number of aryl methyl sites for hydroxylation is 2. The van der Waals surface area contributed by atoms with Crippen LogP contribution >= 0.6 is 0 Å². The minimum absolute atomic E-state index is 0.422. The van der Waals surface area contributed by atoms with Crippen molar-refractivity contribution in [3.63, 3.8) is 0 Å². The summed E-state index contributed by atoms with van der Waals surface area (Å²) in [5.41, 5.74) is 2.38. The van der Waals surface area contributed by atoms with Gasteiger partial charge >= 0.3 is 0 Å². The normalized spacial score (nSPS) is 15.3. The van der Waals surface area contributed by atoms with Crippen LogP contribution in [0.25, 0.3) is 0 Å². The predicted octanol–water partition coefficient (Wildman–Crippen LogP) is 2.43. The average molecular weight is 209 g/mol. The fraction of sp³-hybridized carbons (Fsp3) is 0.750. The van der Waals surface area contributed by atoms with E-state index in [-0.39, 0.29) is 0 Å². The molecule has 3 heteroatoms. The highest BCUT2D eigenvalue weighted by molar-refractivity contribution is 5.13. The van der Waals surface area contributed by atoms with Gasteiger partial charge in [-0.3, -0.25) is 4.68 Å². The first-order valence-corrected chi connectivity index (χ1v) is 5.76. The van der Waals surface area contributed by atoms with Gasteiger partial charge in [0.2, 0.25) is 0 Å². The number of nitrogens with zero attached hydrogens (tertiary/aromatic N) is 2. The summed E-state index contributed by atoms with van der Waals surface area (Å²) in [7, 11) is 4.04. The second-order valence-electron chi connectivity index (χ2n) is 4.42. The van der Waals surface area contributed by atoms with Gasteiger partial charge in [0.15, 0.2) is 0 Å². The molecule has 2 atom stereocenters. The van der Waals surface area contributed by atoms with E-state index in [0.717, 1.165) is 11.6 Å². The molecular formula is C12H23N3. The van der Waals surface area contributed by atoms with Crippen molar-refractivity contribution >= 4 is 0 Å². The van der Waals surface area contributed by atoms with Gasteiger partial charge in [0.25, 0.3) is 0 Å². The van der Waals surface area contributed by atoms with Crippen molar-refractivity contribution in [2.24, 2.45) is 13.0 Å². The second-order valence-corrected chi connectivity index (χ2v) is 4.42. The number of rotatable bonds is 5. The molecule has 2 unspecified atom stereocenters. The fourth-order valence-electron chi connectivity index (χ4n) is 1.91. The number of hydrogen-bond acceptors (Lipinski definition) is 2. The molecule has 0 fully saturated rings. The van der Waals surface area contributed by atoms with E-state index in [1.165, 1.54) is 18.5 Å². The molecule has 0 saturated carbocycles. The molecule has 0 radical (unpaired) electrons. The van der Waals surface area contributed by atoms with Gasteiger partial charge in [-0.15, -0.1) is 0 Å². The van der Waals surface area contributed by atoms with Crippen LogP contribution in [0.1, 0.15) is 44.1 Å². The van der Waals surface area contributed by atoms with Gasteiger partial charge in [-0.05, 0) is 32.4 Å². The van der Waals surface area contributed by atoms with Gasteiger partial charge in [-0.25, -0.2) is 0 Å². The summed E-state index contributed by atoms with van der Waals surface area (Å²) in [5.74, 6) is 0.748. The largest absolute Gasteiger partial charge is 0.312 e. The van der Waals surface area contributed by atoms with Crippen LogP contribution in [0.2, 0.25) is 0 Å². The highest BCUT2D eigenvalue weighted by Crippen LogP contribution is 2.22. The van der Waals surface area contributed by atoms with E-state index in [0.29, 0.717) is 6.04 Å². The third kappa shape index (κ3) is 3.06. The Bertz CT molecular complexity index is 304. The predicted molar refractivity (Wildman–Crippen MR) is 63.8 cm³/mol. The second kappa shape index (κ2) is 5.31. The molecule has 1 N–H and O–H groups in total. The molecule has 15 heavy (non-hydrogen) atoms. The standard InChI is InChI=1S/C12H23N3/c1-6-9(2)7-11(13-4)12-8-10(3)14-15(12)5/h8-9,11,13H,6-7H2,1-5H3. The number of nitrogens with one attached hydrogen (secondary N) is 1. The summed E-state index contributed by atoms with van der Waals surface area (Å²) in [6.07, 6.45) is 2.40. The first-order chi connectivity index (χ1) is 7.08. The minimum atomic E-state index is 0.422. The summed E-state index contributed by atoms with van der Waals surface area (Å²) >= 11 is 0. The Labute approximate surface area is 92.9 Å². The van der Waals surface area contributed by atoms with Gasteiger partial charge in [-0.2, -0.15) is 5.10 Å².